The predicted molar refractivity (Wildman–Crippen MR) is 92.3 cm³/mol. The molecule has 2 N–H and O–H groups in total. The number of halogens is 3. The van der Waals surface area contributed by atoms with Crippen LogP contribution in [0.4, 0.5) is 29.3 Å². The van der Waals surface area contributed by atoms with E-state index in [1.165, 1.54) is 12.4 Å². The minimum Gasteiger partial charge on any atom is -0.305 e. The minimum absolute atomic E-state index is 0.228. The zero-order chi connectivity index (χ0) is 19.7. The van der Waals surface area contributed by atoms with Crippen molar-refractivity contribution < 1.29 is 18.0 Å². The summed E-state index contributed by atoms with van der Waals surface area (Å²) in [7, 11) is 0. The maximum atomic E-state index is 13.6. The number of hydrogen-bond acceptors (Lipinski definition) is 4. The lowest BCUT2D eigenvalue weighted by Crippen LogP contribution is -2.21. The number of hydrogen-bond donors (Lipinski definition) is 2. The SMILES string of the molecule is Cc1nc(C)n(-c2ncc(NC(=O)Nc3ccc(F)c(F)c3F)cn2)c1C. The Hall–Kier alpha value is -3.43. The largest absolute Gasteiger partial charge is 0.323 e. The molecule has 0 saturated heterocycles. The van der Waals surface area contributed by atoms with Crippen LogP contribution in [-0.2, 0) is 0 Å². The number of aryl methyl sites for hydroxylation is 2. The third-order valence-electron chi connectivity index (χ3n) is 3.89. The maximum absolute atomic E-state index is 13.6. The van der Waals surface area contributed by atoms with Crippen LogP contribution in [0.1, 0.15) is 17.2 Å². The zero-order valence-corrected chi connectivity index (χ0v) is 14.6. The molecule has 140 valence electrons. The van der Waals surface area contributed by atoms with Gasteiger partial charge in [0.05, 0.1) is 29.5 Å². The summed E-state index contributed by atoms with van der Waals surface area (Å²) in [5, 5.41) is 4.47. The zero-order valence-electron chi connectivity index (χ0n) is 14.6. The van der Waals surface area contributed by atoms with Gasteiger partial charge in [0.25, 0.3) is 0 Å². The number of carbonyl (C=O) groups is 1. The molecule has 0 fully saturated rings. The van der Waals surface area contributed by atoms with Gasteiger partial charge in [0.2, 0.25) is 5.95 Å². The number of benzene rings is 1. The van der Waals surface area contributed by atoms with Crippen molar-refractivity contribution in [1.29, 1.82) is 0 Å². The second-order valence-corrected chi connectivity index (χ2v) is 5.74. The number of nitrogens with one attached hydrogen (secondary N) is 2. The molecule has 3 aromatic rings. The lowest BCUT2D eigenvalue weighted by Gasteiger charge is -2.10. The highest BCUT2D eigenvalue weighted by Crippen LogP contribution is 2.20. The molecule has 2 amide bonds. The van der Waals surface area contributed by atoms with Gasteiger partial charge < -0.3 is 10.6 Å². The molecule has 1 aromatic carbocycles. The summed E-state index contributed by atoms with van der Waals surface area (Å²) in [6.07, 6.45) is 2.72. The van der Waals surface area contributed by atoms with Crippen molar-refractivity contribution in [3.05, 3.63) is 59.2 Å². The van der Waals surface area contributed by atoms with E-state index >= 15 is 0 Å². The molecule has 0 radical (unpaired) electrons. The first kappa shape index (κ1) is 18.4. The number of anilines is 2. The Kier molecular flexibility index (Phi) is 4.80. The van der Waals surface area contributed by atoms with Gasteiger partial charge in [-0.2, -0.15) is 0 Å². The van der Waals surface area contributed by atoms with Gasteiger partial charge in [-0.3, -0.25) is 4.57 Å². The first-order chi connectivity index (χ1) is 12.8. The summed E-state index contributed by atoms with van der Waals surface area (Å²) in [6, 6.07) is 0.769. The molecule has 0 spiro atoms. The summed E-state index contributed by atoms with van der Waals surface area (Å²) in [6.45, 7) is 5.57. The Morgan fingerprint density at radius 3 is 2.26 bits per heavy atom. The van der Waals surface area contributed by atoms with Crippen LogP contribution in [0.2, 0.25) is 0 Å². The van der Waals surface area contributed by atoms with Crippen LogP contribution in [0.5, 0.6) is 0 Å². The number of carbonyl (C=O) groups excluding carboxylic acids is 1. The molecular formula is C17H15F3N6O. The van der Waals surface area contributed by atoms with Crippen LogP contribution in [0.25, 0.3) is 5.95 Å². The third kappa shape index (κ3) is 3.59. The lowest BCUT2D eigenvalue weighted by molar-refractivity contribution is 0.262. The Bertz CT molecular complexity index is 1020. The van der Waals surface area contributed by atoms with E-state index in [0.29, 0.717) is 12.0 Å². The van der Waals surface area contributed by atoms with Gasteiger partial charge in [-0.15, -0.1) is 0 Å². The maximum Gasteiger partial charge on any atom is 0.323 e. The molecule has 2 aromatic heterocycles. The normalized spacial score (nSPS) is 10.7. The first-order valence-electron chi connectivity index (χ1n) is 7.84. The Morgan fingerprint density at radius 1 is 1.00 bits per heavy atom. The van der Waals surface area contributed by atoms with Crippen molar-refractivity contribution in [2.75, 3.05) is 10.6 Å². The summed E-state index contributed by atoms with van der Waals surface area (Å²) >= 11 is 0. The number of imidazole rings is 1. The van der Waals surface area contributed by atoms with Crippen molar-refractivity contribution in [2.24, 2.45) is 0 Å². The van der Waals surface area contributed by atoms with Crippen molar-refractivity contribution in [3.8, 4) is 5.95 Å². The smallest absolute Gasteiger partial charge is 0.305 e. The van der Waals surface area contributed by atoms with Crippen LogP contribution in [0, 0.1) is 38.2 Å². The summed E-state index contributed by atoms with van der Waals surface area (Å²) in [5.41, 5.74) is 1.47. The first-order valence-corrected chi connectivity index (χ1v) is 7.84. The molecule has 0 aliphatic carbocycles. The standard InChI is InChI=1S/C17H15F3N6O/c1-8-9(2)26(10(3)23-8)16-21-6-11(7-22-16)24-17(27)25-13-5-4-12(18)14(19)15(13)20/h4-7H,1-3H3,(H2,24,25,27). The second kappa shape index (κ2) is 7.06. The van der Waals surface area contributed by atoms with Crippen molar-refractivity contribution in [1.82, 2.24) is 19.5 Å². The second-order valence-electron chi connectivity index (χ2n) is 5.74. The monoisotopic (exact) mass is 376 g/mol. The van der Waals surface area contributed by atoms with E-state index in [0.717, 1.165) is 23.3 Å². The van der Waals surface area contributed by atoms with Crippen molar-refractivity contribution in [3.63, 3.8) is 0 Å². The molecule has 0 saturated carbocycles. The molecule has 10 heteroatoms. The number of aromatic nitrogens is 4. The van der Waals surface area contributed by atoms with E-state index in [2.05, 4.69) is 25.6 Å². The minimum atomic E-state index is -1.66. The lowest BCUT2D eigenvalue weighted by atomic mass is 10.3. The summed E-state index contributed by atoms with van der Waals surface area (Å²) in [5.74, 6) is -3.40. The molecule has 0 aliphatic rings. The van der Waals surface area contributed by atoms with Crippen LogP contribution < -0.4 is 10.6 Å². The van der Waals surface area contributed by atoms with E-state index < -0.39 is 29.2 Å². The summed E-state index contributed by atoms with van der Waals surface area (Å²) < 4.78 is 41.5. The molecule has 0 unspecified atom stereocenters. The van der Waals surface area contributed by atoms with Gasteiger partial charge in [-0.25, -0.2) is 32.9 Å². The van der Waals surface area contributed by atoms with Crippen LogP contribution >= 0.6 is 0 Å². The highest BCUT2D eigenvalue weighted by Gasteiger charge is 2.16. The number of amides is 2. The van der Waals surface area contributed by atoms with Gasteiger partial charge in [-0.05, 0) is 32.9 Å². The summed E-state index contributed by atoms with van der Waals surface area (Å²) in [4.78, 5) is 24.6. The highest BCUT2D eigenvalue weighted by atomic mass is 19.2. The third-order valence-corrected chi connectivity index (χ3v) is 3.89. The van der Waals surface area contributed by atoms with Crippen molar-refractivity contribution in [2.45, 2.75) is 20.8 Å². The topological polar surface area (TPSA) is 84.7 Å². The van der Waals surface area contributed by atoms with Gasteiger partial charge in [-0.1, -0.05) is 0 Å². The average molecular weight is 376 g/mol. The van der Waals surface area contributed by atoms with E-state index in [9.17, 15) is 18.0 Å². The molecule has 0 aliphatic heterocycles. The quantitative estimate of drug-likeness (QED) is 0.684. The van der Waals surface area contributed by atoms with E-state index in [-0.39, 0.29) is 5.69 Å². The fourth-order valence-electron chi connectivity index (χ4n) is 2.48. The Labute approximate surface area is 152 Å². The van der Waals surface area contributed by atoms with Gasteiger partial charge in [0.1, 0.15) is 5.82 Å². The molecule has 0 bridgehead atoms. The van der Waals surface area contributed by atoms with Crippen LogP contribution in [0.3, 0.4) is 0 Å². The fraction of sp³-hybridized carbons (Fsp3) is 0.176. The molecule has 0 atom stereocenters. The highest BCUT2D eigenvalue weighted by molar-refractivity contribution is 5.99. The Morgan fingerprint density at radius 2 is 1.67 bits per heavy atom. The Balaban J connectivity index is 1.73. The van der Waals surface area contributed by atoms with Gasteiger partial charge in [0.15, 0.2) is 17.5 Å². The predicted octanol–water partition coefficient (Wildman–Crippen LogP) is 3.65. The van der Waals surface area contributed by atoms with Gasteiger partial charge >= 0.3 is 6.03 Å². The molecule has 2 heterocycles. The number of urea groups is 1. The fourth-order valence-corrected chi connectivity index (χ4v) is 2.48. The average Bonchev–Trinajstić information content (AvgIpc) is 2.88. The van der Waals surface area contributed by atoms with Crippen LogP contribution in [0.15, 0.2) is 24.5 Å². The van der Waals surface area contributed by atoms with Crippen LogP contribution in [-0.4, -0.2) is 25.6 Å². The van der Waals surface area contributed by atoms with E-state index in [1.54, 1.807) is 4.57 Å². The molecule has 7 nitrogen and oxygen atoms in total. The van der Waals surface area contributed by atoms with Gasteiger partial charge in [0, 0.05) is 5.69 Å². The van der Waals surface area contributed by atoms with E-state index in [4.69, 9.17) is 0 Å². The molecule has 27 heavy (non-hydrogen) atoms. The molecular weight excluding hydrogens is 361 g/mol. The molecule has 3 rings (SSSR count). The number of nitrogens with zero attached hydrogens (tertiary/aromatic N) is 4. The van der Waals surface area contributed by atoms with Crippen molar-refractivity contribution >= 4 is 17.4 Å². The van der Waals surface area contributed by atoms with E-state index in [1.807, 2.05) is 20.8 Å². The number of rotatable bonds is 3.